The summed E-state index contributed by atoms with van der Waals surface area (Å²) < 4.78 is 4.81. The van der Waals surface area contributed by atoms with E-state index >= 15 is 0 Å². The topological polar surface area (TPSA) is 26.0 Å². The van der Waals surface area contributed by atoms with E-state index in [1.54, 1.807) is 6.07 Å². The van der Waals surface area contributed by atoms with Gasteiger partial charge in [0.25, 0.3) is 0 Å². The number of hydrogen-bond acceptors (Lipinski definition) is 2. The van der Waals surface area contributed by atoms with Crippen LogP contribution in [0.25, 0.3) is 11.3 Å². The van der Waals surface area contributed by atoms with Crippen molar-refractivity contribution in [1.29, 1.82) is 0 Å². The normalized spacial score (nSPS) is 10.5. The zero-order chi connectivity index (χ0) is 10.7. The molecular weight excluding hydrogens is 210 g/mol. The highest BCUT2D eigenvalue weighted by Gasteiger charge is 2.03. The van der Waals surface area contributed by atoms with Gasteiger partial charge in [0.1, 0.15) is 5.69 Å². The van der Waals surface area contributed by atoms with Gasteiger partial charge in [0.15, 0.2) is 0 Å². The minimum absolute atomic E-state index is 0.322. The molecule has 0 spiro atoms. The fourth-order valence-corrected chi connectivity index (χ4v) is 1.66. The third kappa shape index (κ3) is 2.39. The Morgan fingerprint density at radius 2 is 2.00 bits per heavy atom. The molecule has 1 aromatic heterocycles. The van der Waals surface area contributed by atoms with Crippen LogP contribution < -0.4 is 0 Å². The van der Waals surface area contributed by atoms with Gasteiger partial charge >= 0.3 is 0 Å². The molecule has 1 heterocycles. The largest absolute Gasteiger partial charge is 0.344 e. The highest BCUT2D eigenvalue weighted by Crippen LogP contribution is 2.22. The first kappa shape index (κ1) is 10.2. The van der Waals surface area contributed by atoms with Crippen LogP contribution in [0.4, 0.5) is 0 Å². The van der Waals surface area contributed by atoms with E-state index in [0.29, 0.717) is 5.22 Å². The van der Waals surface area contributed by atoms with E-state index < -0.39 is 0 Å². The zero-order valence-electron chi connectivity index (χ0n) is 8.53. The first-order valence-electron chi connectivity index (χ1n) is 5.01. The average molecular weight is 222 g/mol. The zero-order valence-corrected chi connectivity index (χ0v) is 9.29. The Bertz CT molecular complexity index is 433. The lowest BCUT2D eigenvalue weighted by Gasteiger charge is -1.99. The number of aromatic nitrogens is 1. The summed E-state index contributed by atoms with van der Waals surface area (Å²) in [7, 11) is 0. The van der Waals surface area contributed by atoms with Crippen molar-refractivity contribution < 1.29 is 4.52 Å². The Hall–Kier alpha value is -1.28. The molecule has 78 valence electrons. The Morgan fingerprint density at radius 1 is 1.27 bits per heavy atom. The predicted octanol–water partition coefficient (Wildman–Crippen LogP) is 3.95. The van der Waals surface area contributed by atoms with Crippen LogP contribution in [0.2, 0.25) is 5.22 Å². The molecule has 3 heteroatoms. The molecule has 0 aliphatic heterocycles. The first-order chi connectivity index (χ1) is 7.29. The summed E-state index contributed by atoms with van der Waals surface area (Å²) in [6.45, 7) is 2.17. The van der Waals surface area contributed by atoms with E-state index in [1.165, 1.54) is 5.56 Å². The van der Waals surface area contributed by atoms with Crippen molar-refractivity contribution in [3.8, 4) is 11.3 Å². The van der Waals surface area contributed by atoms with Gasteiger partial charge in [-0.2, -0.15) is 0 Å². The summed E-state index contributed by atoms with van der Waals surface area (Å²) >= 11 is 5.66. The second-order valence-electron chi connectivity index (χ2n) is 3.46. The molecule has 0 bridgehead atoms. The molecule has 1 aromatic carbocycles. The van der Waals surface area contributed by atoms with Crippen LogP contribution in [0.5, 0.6) is 0 Å². The minimum atomic E-state index is 0.322. The molecule has 2 rings (SSSR count). The predicted molar refractivity (Wildman–Crippen MR) is 60.9 cm³/mol. The lowest BCUT2D eigenvalue weighted by molar-refractivity contribution is 0.424. The van der Waals surface area contributed by atoms with Crippen LogP contribution in [-0.4, -0.2) is 5.16 Å². The lowest BCUT2D eigenvalue weighted by Crippen LogP contribution is -1.83. The van der Waals surface area contributed by atoms with Crippen LogP contribution in [-0.2, 0) is 6.42 Å². The van der Waals surface area contributed by atoms with E-state index in [4.69, 9.17) is 16.1 Å². The molecule has 0 N–H and O–H groups in total. The maximum Gasteiger partial charge on any atom is 0.226 e. The van der Waals surface area contributed by atoms with Gasteiger partial charge in [-0.15, -0.1) is 0 Å². The van der Waals surface area contributed by atoms with Crippen molar-refractivity contribution in [1.82, 2.24) is 5.16 Å². The van der Waals surface area contributed by atoms with Crippen molar-refractivity contribution in [2.24, 2.45) is 0 Å². The van der Waals surface area contributed by atoms with Crippen molar-refractivity contribution in [2.45, 2.75) is 19.8 Å². The summed E-state index contributed by atoms with van der Waals surface area (Å²) in [5, 5.41) is 4.18. The fraction of sp³-hybridized carbons (Fsp3) is 0.250. The molecule has 0 aliphatic rings. The van der Waals surface area contributed by atoms with E-state index in [0.717, 1.165) is 24.1 Å². The monoisotopic (exact) mass is 221 g/mol. The van der Waals surface area contributed by atoms with E-state index in [-0.39, 0.29) is 0 Å². The first-order valence-corrected chi connectivity index (χ1v) is 5.39. The van der Waals surface area contributed by atoms with Crippen molar-refractivity contribution in [3.05, 3.63) is 41.1 Å². The second kappa shape index (κ2) is 4.49. The molecule has 0 fully saturated rings. The van der Waals surface area contributed by atoms with Crippen LogP contribution in [0.15, 0.2) is 34.9 Å². The summed E-state index contributed by atoms with van der Waals surface area (Å²) in [6, 6.07) is 10.0. The summed E-state index contributed by atoms with van der Waals surface area (Å²) in [5.41, 5.74) is 3.16. The molecule has 15 heavy (non-hydrogen) atoms. The number of benzene rings is 1. The Morgan fingerprint density at radius 3 is 2.53 bits per heavy atom. The average Bonchev–Trinajstić information content (AvgIpc) is 2.67. The van der Waals surface area contributed by atoms with Gasteiger partial charge < -0.3 is 4.52 Å². The summed E-state index contributed by atoms with van der Waals surface area (Å²) in [5.74, 6) is 0. The minimum Gasteiger partial charge on any atom is -0.344 e. The van der Waals surface area contributed by atoms with Gasteiger partial charge in [0, 0.05) is 11.6 Å². The molecule has 0 saturated carbocycles. The molecule has 2 aromatic rings. The molecule has 0 saturated heterocycles. The Kier molecular flexibility index (Phi) is 3.07. The molecule has 0 atom stereocenters. The Labute approximate surface area is 93.9 Å². The van der Waals surface area contributed by atoms with Crippen LogP contribution in [0.3, 0.4) is 0 Å². The number of hydrogen-bond donors (Lipinski definition) is 0. The fourth-order valence-electron chi connectivity index (χ4n) is 1.52. The lowest BCUT2D eigenvalue weighted by atomic mass is 10.1. The molecule has 0 unspecified atom stereocenters. The van der Waals surface area contributed by atoms with Crippen molar-refractivity contribution in [3.63, 3.8) is 0 Å². The molecule has 0 radical (unpaired) electrons. The highest BCUT2D eigenvalue weighted by molar-refractivity contribution is 6.29. The van der Waals surface area contributed by atoms with Crippen LogP contribution >= 0.6 is 11.6 Å². The third-order valence-corrected chi connectivity index (χ3v) is 2.45. The van der Waals surface area contributed by atoms with E-state index in [2.05, 4.69) is 24.2 Å². The molecule has 2 nitrogen and oxygen atoms in total. The summed E-state index contributed by atoms with van der Waals surface area (Å²) in [6.07, 6.45) is 2.27. The van der Waals surface area contributed by atoms with Crippen LogP contribution in [0.1, 0.15) is 18.9 Å². The van der Waals surface area contributed by atoms with Gasteiger partial charge in [-0.3, -0.25) is 0 Å². The van der Waals surface area contributed by atoms with E-state index in [1.807, 2.05) is 12.1 Å². The second-order valence-corrected chi connectivity index (χ2v) is 3.84. The van der Waals surface area contributed by atoms with Gasteiger partial charge in [-0.25, -0.2) is 0 Å². The number of halogens is 1. The smallest absolute Gasteiger partial charge is 0.226 e. The van der Waals surface area contributed by atoms with Crippen LogP contribution in [0, 0.1) is 0 Å². The number of rotatable bonds is 3. The molecular formula is C12H12ClNO. The number of aryl methyl sites for hydroxylation is 1. The third-order valence-electron chi connectivity index (χ3n) is 2.27. The SMILES string of the molecule is CCCc1ccc(-c2cc(Cl)on2)cc1. The number of nitrogens with zero attached hydrogens (tertiary/aromatic N) is 1. The van der Waals surface area contributed by atoms with E-state index in [9.17, 15) is 0 Å². The maximum atomic E-state index is 5.66. The quantitative estimate of drug-likeness (QED) is 0.785. The molecule has 0 amide bonds. The van der Waals surface area contributed by atoms with Gasteiger partial charge in [-0.05, 0) is 23.6 Å². The standard InChI is InChI=1S/C12H12ClNO/c1-2-3-9-4-6-10(7-5-9)11-8-12(13)15-14-11/h4-8H,2-3H2,1H3. The Balaban J connectivity index is 2.23. The van der Waals surface area contributed by atoms with Crippen molar-refractivity contribution in [2.75, 3.05) is 0 Å². The van der Waals surface area contributed by atoms with Gasteiger partial charge in [0.05, 0.1) is 0 Å². The van der Waals surface area contributed by atoms with Gasteiger partial charge in [0.2, 0.25) is 5.22 Å². The maximum absolute atomic E-state index is 5.66. The molecule has 0 aliphatic carbocycles. The van der Waals surface area contributed by atoms with Gasteiger partial charge in [-0.1, -0.05) is 42.8 Å². The van der Waals surface area contributed by atoms with Crippen molar-refractivity contribution >= 4 is 11.6 Å². The summed E-state index contributed by atoms with van der Waals surface area (Å²) in [4.78, 5) is 0. The highest BCUT2D eigenvalue weighted by atomic mass is 35.5.